The Labute approximate surface area is 126 Å². The van der Waals surface area contributed by atoms with E-state index in [0.717, 1.165) is 11.1 Å². The van der Waals surface area contributed by atoms with E-state index < -0.39 is 0 Å². The average Bonchev–Trinajstić information content (AvgIpc) is 2.45. The first kappa shape index (κ1) is 15.6. The van der Waals surface area contributed by atoms with E-state index in [1.165, 1.54) is 0 Å². The molecule has 1 saturated heterocycles. The van der Waals surface area contributed by atoms with Crippen molar-refractivity contribution in [2.75, 3.05) is 26.3 Å². The minimum atomic E-state index is -0.277. The first-order chi connectivity index (χ1) is 9.95. The van der Waals surface area contributed by atoms with Gasteiger partial charge in [-0.05, 0) is 44.5 Å². The van der Waals surface area contributed by atoms with Gasteiger partial charge in [0, 0.05) is 17.7 Å². The van der Waals surface area contributed by atoms with Gasteiger partial charge in [-0.15, -0.1) is 0 Å². The van der Waals surface area contributed by atoms with Crippen molar-refractivity contribution in [1.29, 1.82) is 0 Å². The van der Waals surface area contributed by atoms with Crippen LogP contribution in [0.15, 0.2) is 18.2 Å². The predicted molar refractivity (Wildman–Crippen MR) is 83.0 cm³/mol. The molecule has 1 aromatic carbocycles. The van der Waals surface area contributed by atoms with Crippen molar-refractivity contribution in [2.45, 2.75) is 26.3 Å². The normalized spacial score (nSPS) is 17.0. The summed E-state index contributed by atoms with van der Waals surface area (Å²) in [6.07, 6.45) is 0. The molecule has 1 heterocycles. The van der Waals surface area contributed by atoms with Crippen LogP contribution in [0, 0.1) is 18.8 Å². The molecule has 112 valence electrons. The Kier molecular flexibility index (Phi) is 4.66. The zero-order valence-corrected chi connectivity index (χ0v) is 12.9. The zero-order chi connectivity index (χ0) is 15.5. The van der Waals surface area contributed by atoms with Gasteiger partial charge in [0.15, 0.2) is 0 Å². The van der Waals surface area contributed by atoms with Gasteiger partial charge in [-0.1, -0.05) is 11.8 Å². The molecule has 1 aliphatic heterocycles. The lowest BCUT2D eigenvalue weighted by atomic mass is 9.99. The highest BCUT2D eigenvalue weighted by Gasteiger charge is 2.34. The molecule has 21 heavy (non-hydrogen) atoms. The molecule has 1 aromatic rings. The largest absolute Gasteiger partial charge is 0.377 e. The van der Waals surface area contributed by atoms with Crippen LogP contribution >= 0.6 is 0 Å². The molecule has 1 amide bonds. The standard InChI is InChI=1S/C17H22N2O2/c1-13-11-15(7-6-14(13)5-4-8-18)16(20)19-9-10-21-12-17(19,2)3/h6-7,11H,8-10,12,18H2,1-3H3. The summed E-state index contributed by atoms with van der Waals surface area (Å²) in [5.41, 5.74) is 7.71. The van der Waals surface area contributed by atoms with Crippen molar-refractivity contribution in [3.05, 3.63) is 34.9 Å². The second-order valence-corrected chi connectivity index (χ2v) is 5.86. The third-order valence-corrected chi connectivity index (χ3v) is 3.69. The number of nitrogens with two attached hydrogens (primary N) is 1. The summed E-state index contributed by atoms with van der Waals surface area (Å²) in [4.78, 5) is 14.6. The lowest BCUT2D eigenvalue weighted by Gasteiger charge is -2.42. The number of hydrogen-bond acceptors (Lipinski definition) is 3. The molecule has 0 radical (unpaired) electrons. The summed E-state index contributed by atoms with van der Waals surface area (Å²) in [6, 6.07) is 5.62. The maximum absolute atomic E-state index is 12.7. The van der Waals surface area contributed by atoms with Crippen molar-refractivity contribution >= 4 is 5.91 Å². The fraction of sp³-hybridized carbons (Fsp3) is 0.471. The number of aryl methyl sites for hydroxylation is 1. The van der Waals surface area contributed by atoms with Gasteiger partial charge in [-0.3, -0.25) is 4.79 Å². The number of nitrogens with zero attached hydrogens (tertiary/aromatic N) is 1. The van der Waals surface area contributed by atoms with E-state index in [1.54, 1.807) is 0 Å². The fourth-order valence-corrected chi connectivity index (χ4v) is 2.47. The zero-order valence-electron chi connectivity index (χ0n) is 12.9. The SMILES string of the molecule is Cc1cc(C(=O)N2CCOCC2(C)C)ccc1C#CCN. The molecule has 4 nitrogen and oxygen atoms in total. The Morgan fingerprint density at radius 2 is 2.24 bits per heavy atom. The number of morpholine rings is 1. The van der Waals surface area contributed by atoms with Crippen LogP contribution in [0.25, 0.3) is 0 Å². The number of benzene rings is 1. The van der Waals surface area contributed by atoms with Crippen LogP contribution in [0.3, 0.4) is 0 Å². The molecule has 0 spiro atoms. The van der Waals surface area contributed by atoms with Crippen LogP contribution < -0.4 is 5.73 Å². The Balaban J connectivity index is 2.25. The maximum atomic E-state index is 12.7. The van der Waals surface area contributed by atoms with Crippen LogP contribution in [-0.4, -0.2) is 42.6 Å². The lowest BCUT2D eigenvalue weighted by molar-refractivity contribution is -0.0370. The number of amides is 1. The van der Waals surface area contributed by atoms with Crippen LogP contribution in [0.5, 0.6) is 0 Å². The molecule has 0 aliphatic carbocycles. The summed E-state index contributed by atoms with van der Waals surface area (Å²) < 4.78 is 5.46. The van der Waals surface area contributed by atoms with Gasteiger partial charge in [-0.25, -0.2) is 0 Å². The molecule has 0 atom stereocenters. The van der Waals surface area contributed by atoms with Crippen molar-refractivity contribution in [3.8, 4) is 11.8 Å². The van der Waals surface area contributed by atoms with Crippen molar-refractivity contribution in [2.24, 2.45) is 5.73 Å². The lowest BCUT2D eigenvalue weighted by Crippen LogP contribution is -2.55. The molecular formula is C17H22N2O2. The number of carbonyl (C=O) groups excluding carboxylic acids is 1. The number of hydrogen-bond donors (Lipinski definition) is 1. The third kappa shape index (κ3) is 3.44. The molecule has 2 rings (SSSR count). The fourth-order valence-electron chi connectivity index (χ4n) is 2.47. The number of ether oxygens (including phenoxy) is 1. The van der Waals surface area contributed by atoms with Gasteiger partial charge in [0.25, 0.3) is 5.91 Å². The monoisotopic (exact) mass is 286 g/mol. The van der Waals surface area contributed by atoms with Gasteiger partial charge in [0.2, 0.25) is 0 Å². The van der Waals surface area contributed by atoms with E-state index in [1.807, 2.05) is 43.9 Å². The van der Waals surface area contributed by atoms with E-state index in [0.29, 0.717) is 31.9 Å². The number of carbonyl (C=O) groups is 1. The molecular weight excluding hydrogens is 264 g/mol. The van der Waals surface area contributed by atoms with Crippen molar-refractivity contribution in [1.82, 2.24) is 4.90 Å². The Morgan fingerprint density at radius 3 is 2.86 bits per heavy atom. The quantitative estimate of drug-likeness (QED) is 0.797. The number of rotatable bonds is 1. The van der Waals surface area contributed by atoms with Gasteiger partial charge >= 0.3 is 0 Å². The second kappa shape index (κ2) is 6.30. The highest BCUT2D eigenvalue weighted by atomic mass is 16.5. The van der Waals surface area contributed by atoms with Gasteiger partial charge in [-0.2, -0.15) is 0 Å². The molecule has 1 aliphatic rings. The summed E-state index contributed by atoms with van der Waals surface area (Å²) in [5, 5.41) is 0. The minimum absolute atomic E-state index is 0.0461. The molecule has 1 fully saturated rings. The molecule has 0 saturated carbocycles. The Morgan fingerprint density at radius 1 is 1.48 bits per heavy atom. The molecule has 0 unspecified atom stereocenters. The maximum Gasteiger partial charge on any atom is 0.254 e. The van der Waals surface area contributed by atoms with Crippen LogP contribution in [0.2, 0.25) is 0 Å². The molecule has 0 bridgehead atoms. The molecule has 4 heteroatoms. The third-order valence-electron chi connectivity index (χ3n) is 3.69. The van der Waals surface area contributed by atoms with Crippen LogP contribution in [-0.2, 0) is 4.74 Å². The van der Waals surface area contributed by atoms with Crippen LogP contribution in [0.4, 0.5) is 0 Å². The van der Waals surface area contributed by atoms with Crippen molar-refractivity contribution in [3.63, 3.8) is 0 Å². The van der Waals surface area contributed by atoms with E-state index in [9.17, 15) is 4.79 Å². The first-order valence-corrected chi connectivity index (χ1v) is 7.15. The summed E-state index contributed by atoms with van der Waals surface area (Å²) in [6.45, 7) is 8.13. The van der Waals surface area contributed by atoms with Crippen LogP contribution in [0.1, 0.15) is 35.3 Å². The average molecular weight is 286 g/mol. The van der Waals surface area contributed by atoms with E-state index >= 15 is 0 Å². The summed E-state index contributed by atoms with van der Waals surface area (Å²) >= 11 is 0. The second-order valence-electron chi connectivity index (χ2n) is 5.86. The van der Waals surface area contributed by atoms with Gasteiger partial charge < -0.3 is 15.4 Å². The topological polar surface area (TPSA) is 55.6 Å². The highest BCUT2D eigenvalue weighted by Crippen LogP contribution is 2.22. The van der Waals surface area contributed by atoms with E-state index in [2.05, 4.69) is 11.8 Å². The predicted octanol–water partition coefficient (Wildman–Crippen LogP) is 1.56. The summed E-state index contributed by atoms with van der Waals surface area (Å²) in [5.74, 6) is 5.90. The molecule has 0 aromatic heterocycles. The first-order valence-electron chi connectivity index (χ1n) is 7.15. The van der Waals surface area contributed by atoms with Crippen molar-refractivity contribution < 1.29 is 9.53 Å². The van der Waals surface area contributed by atoms with E-state index in [4.69, 9.17) is 10.5 Å². The Hall–Kier alpha value is -1.83. The van der Waals surface area contributed by atoms with Gasteiger partial charge in [0.05, 0.1) is 25.3 Å². The minimum Gasteiger partial charge on any atom is -0.377 e. The summed E-state index contributed by atoms with van der Waals surface area (Å²) in [7, 11) is 0. The smallest absolute Gasteiger partial charge is 0.254 e. The Bertz CT molecular complexity index is 597. The van der Waals surface area contributed by atoms with Gasteiger partial charge in [0.1, 0.15) is 0 Å². The molecule has 2 N–H and O–H groups in total. The highest BCUT2D eigenvalue weighted by molar-refractivity contribution is 5.95. The van der Waals surface area contributed by atoms with E-state index in [-0.39, 0.29) is 11.4 Å².